The SMILES string of the molecule is Cc1c(Br)cccc1Nc1nccn1C(C)C. The van der Waals surface area contributed by atoms with E-state index in [2.05, 4.69) is 57.6 Å². The van der Waals surface area contributed by atoms with Gasteiger partial charge in [-0.05, 0) is 38.5 Å². The number of rotatable bonds is 3. The van der Waals surface area contributed by atoms with Gasteiger partial charge in [0.2, 0.25) is 5.95 Å². The molecule has 3 nitrogen and oxygen atoms in total. The first kappa shape index (κ1) is 12.2. The Morgan fingerprint density at radius 1 is 1.35 bits per heavy atom. The molecule has 90 valence electrons. The van der Waals surface area contributed by atoms with E-state index >= 15 is 0 Å². The largest absolute Gasteiger partial charge is 0.325 e. The molecule has 1 aromatic carbocycles. The van der Waals surface area contributed by atoms with E-state index in [-0.39, 0.29) is 0 Å². The van der Waals surface area contributed by atoms with Crippen molar-refractivity contribution in [1.29, 1.82) is 0 Å². The molecule has 0 saturated carbocycles. The van der Waals surface area contributed by atoms with E-state index in [0.717, 1.165) is 16.1 Å². The first-order valence-electron chi connectivity index (χ1n) is 5.64. The van der Waals surface area contributed by atoms with E-state index in [9.17, 15) is 0 Å². The summed E-state index contributed by atoms with van der Waals surface area (Å²) >= 11 is 3.53. The van der Waals surface area contributed by atoms with Crippen LogP contribution in [0.5, 0.6) is 0 Å². The second-order valence-electron chi connectivity index (χ2n) is 4.29. The molecule has 0 fully saturated rings. The van der Waals surface area contributed by atoms with E-state index in [4.69, 9.17) is 0 Å². The Labute approximate surface area is 110 Å². The highest BCUT2D eigenvalue weighted by atomic mass is 79.9. The van der Waals surface area contributed by atoms with Crippen LogP contribution in [0, 0.1) is 6.92 Å². The zero-order valence-corrected chi connectivity index (χ0v) is 11.8. The second kappa shape index (κ2) is 4.92. The van der Waals surface area contributed by atoms with Crippen molar-refractivity contribution in [3.8, 4) is 0 Å². The van der Waals surface area contributed by atoms with E-state index in [0.29, 0.717) is 6.04 Å². The van der Waals surface area contributed by atoms with Crippen molar-refractivity contribution in [1.82, 2.24) is 9.55 Å². The molecule has 0 aliphatic rings. The minimum atomic E-state index is 0.396. The van der Waals surface area contributed by atoms with Crippen LogP contribution in [-0.2, 0) is 0 Å². The number of hydrogen-bond acceptors (Lipinski definition) is 2. The fourth-order valence-electron chi connectivity index (χ4n) is 1.69. The van der Waals surface area contributed by atoms with Gasteiger partial charge in [-0.2, -0.15) is 0 Å². The smallest absolute Gasteiger partial charge is 0.207 e. The molecule has 2 rings (SSSR count). The second-order valence-corrected chi connectivity index (χ2v) is 5.14. The molecule has 4 heteroatoms. The topological polar surface area (TPSA) is 29.9 Å². The van der Waals surface area contributed by atoms with Crippen LogP contribution in [0.3, 0.4) is 0 Å². The maximum absolute atomic E-state index is 4.34. The summed E-state index contributed by atoms with van der Waals surface area (Å²) in [6.07, 6.45) is 3.80. The van der Waals surface area contributed by atoms with E-state index in [1.807, 2.05) is 24.5 Å². The molecule has 1 aromatic heterocycles. The van der Waals surface area contributed by atoms with Gasteiger partial charge in [-0.25, -0.2) is 4.98 Å². The summed E-state index contributed by atoms with van der Waals surface area (Å²) in [7, 11) is 0. The van der Waals surface area contributed by atoms with Crippen LogP contribution in [0.25, 0.3) is 0 Å². The van der Waals surface area contributed by atoms with Crippen LogP contribution < -0.4 is 5.32 Å². The molecular weight excluding hydrogens is 278 g/mol. The number of anilines is 2. The van der Waals surface area contributed by atoms with Gasteiger partial charge in [0.25, 0.3) is 0 Å². The van der Waals surface area contributed by atoms with Gasteiger partial charge in [-0.3, -0.25) is 0 Å². The summed E-state index contributed by atoms with van der Waals surface area (Å²) in [5.74, 6) is 0.876. The molecule has 17 heavy (non-hydrogen) atoms. The first-order chi connectivity index (χ1) is 8.09. The van der Waals surface area contributed by atoms with Gasteiger partial charge in [0.15, 0.2) is 0 Å². The Morgan fingerprint density at radius 2 is 2.12 bits per heavy atom. The predicted octanol–water partition coefficient (Wildman–Crippen LogP) is 4.28. The van der Waals surface area contributed by atoms with Crippen molar-refractivity contribution in [2.24, 2.45) is 0 Å². The molecule has 0 saturated heterocycles. The zero-order valence-electron chi connectivity index (χ0n) is 10.2. The maximum atomic E-state index is 4.34. The minimum Gasteiger partial charge on any atom is -0.325 e. The normalized spacial score (nSPS) is 10.9. The fraction of sp³-hybridized carbons (Fsp3) is 0.308. The molecule has 1 N–H and O–H groups in total. The van der Waals surface area contributed by atoms with Crippen molar-refractivity contribution in [3.05, 3.63) is 40.6 Å². The highest BCUT2D eigenvalue weighted by Gasteiger charge is 2.08. The van der Waals surface area contributed by atoms with Gasteiger partial charge in [0.05, 0.1) is 0 Å². The Bertz CT molecular complexity index is 517. The molecule has 0 aliphatic heterocycles. The Morgan fingerprint density at radius 3 is 2.82 bits per heavy atom. The van der Waals surface area contributed by atoms with Crippen molar-refractivity contribution >= 4 is 27.6 Å². The van der Waals surface area contributed by atoms with Gasteiger partial charge in [-0.15, -0.1) is 0 Å². The third kappa shape index (κ3) is 2.52. The summed E-state index contributed by atoms with van der Waals surface area (Å²) in [6, 6.07) is 6.50. The van der Waals surface area contributed by atoms with Crippen LogP contribution in [0.2, 0.25) is 0 Å². The van der Waals surface area contributed by atoms with Crippen molar-refractivity contribution in [3.63, 3.8) is 0 Å². The molecule has 0 bridgehead atoms. The van der Waals surface area contributed by atoms with Crippen molar-refractivity contribution in [2.45, 2.75) is 26.8 Å². The molecule has 0 spiro atoms. The monoisotopic (exact) mass is 293 g/mol. The van der Waals surface area contributed by atoms with Crippen molar-refractivity contribution < 1.29 is 0 Å². The Balaban J connectivity index is 2.32. The van der Waals surface area contributed by atoms with Crippen LogP contribution >= 0.6 is 15.9 Å². The first-order valence-corrected chi connectivity index (χ1v) is 6.44. The lowest BCUT2D eigenvalue weighted by Gasteiger charge is -2.14. The standard InChI is InChI=1S/C13H16BrN3/c1-9(2)17-8-7-15-13(17)16-12-6-4-5-11(14)10(12)3/h4-9H,1-3H3,(H,15,16). The van der Waals surface area contributed by atoms with Gasteiger partial charge in [0.1, 0.15) is 0 Å². The number of nitrogens with zero attached hydrogens (tertiary/aromatic N) is 2. The maximum Gasteiger partial charge on any atom is 0.207 e. The fourth-order valence-corrected chi connectivity index (χ4v) is 2.06. The van der Waals surface area contributed by atoms with Crippen molar-refractivity contribution in [2.75, 3.05) is 5.32 Å². The summed E-state index contributed by atoms with van der Waals surface area (Å²) in [4.78, 5) is 4.34. The number of benzene rings is 1. The molecule has 0 atom stereocenters. The quantitative estimate of drug-likeness (QED) is 0.915. The van der Waals surface area contributed by atoms with Gasteiger partial charge >= 0.3 is 0 Å². The Kier molecular flexibility index (Phi) is 3.52. The molecular formula is C13H16BrN3. The number of hydrogen-bond donors (Lipinski definition) is 1. The molecule has 1 heterocycles. The minimum absolute atomic E-state index is 0.396. The lowest BCUT2D eigenvalue weighted by Crippen LogP contribution is -2.05. The summed E-state index contributed by atoms with van der Waals surface area (Å²) in [6.45, 7) is 6.36. The summed E-state index contributed by atoms with van der Waals surface area (Å²) in [5.41, 5.74) is 2.26. The van der Waals surface area contributed by atoms with E-state index in [1.54, 1.807) is 0 Å². The van der Waals surface area contributed by atoms with Gasteiger partial charge < -0.3 is 9.88 Å². The number of halogens is 1. The Hall–Kier alpha value is -1.29. The number of nitrogens with one attached hydrogen (secondary N) is 1. The van der Waals surface area contributed by atoms with Crippen LogP contribution in [0.4, 0.5) is 11.6 Å². The number of imidazole rings is 1. The average molecular weight is 294 g/mol. The molecule has 2 aromatic rings. The molecule has 0 radical (unpaired) electrons. The van der Waals surface area contributed by atoms with E-state index in [1.165, 1.54) is 5.56 Å². The van der Waals surface area contributed by atoms with Crippen LogP contribution in [-0.4, -0.2) is 9.55 Å². The summed E-state index contributed by atoms with van der Waals surface area (Å²) in [5, 5.41) is 3.36. The zero-order chi connectivity index (χ0) is 12.4. The lowest BCUT2D eigenvalue weighted by atomic mass is 10.2. The average Bonchev–Trinajstić information content (AvgIpc) is 2.73. The summed E-state index contributed by atoms with van der Waals surface area (Å²) < 4.78 is 3.21. The van der Waals surface area contributed by atoms with Crippen LogP contribution in [0.15, 0.2) is 35.1 Å². The molecule has 0 amide bonds. The third-order valence-electron chi connectivity index (χ3n) is 2.74. The molecule has 0 unspecified atom stereocenters. The van der Waals surface area contributed by atoms with Gasteiger partial charge in [-0.1, -0.05) is 22.0 Å². The lowest BCUT2D eigenvalue weighted by molar-refractivity contribution is 0.608. The predicted molar refractivity (Wildman–Crippen MR) is 74.8 cm³/mol. The van der Waals surface area contributed by atoms with Crippen LogP contribution in [0.1, 0.15) is 25.5 Å². The molecule has 0 aliphatic carbocycles. The third-order valence-corrected chi connectivity index (χ3v) is 3.60. The van der Waals surface area contributed by atoms with Gasteiger partial charge in [0, 0.05) is 28.6 Å². The van der Waals surface area contributed by atoms with E-state index < -0.39 is 0 Å². The highest BCUT2D eigenvalue weighted by molar-refractivity contribution is 9.10. The highest BCUT2D eigenvalue weighted by Crippen LogP contribution is 2.26. The number of aromatic nitrogens is 2.